The normalized spacial score (nSPS) is 9.08. The molecule has 0 bridgehead atoms. The topological polar surface area (TPSA) is 26.0 Å². The lowest BCUT2D eigenvalue weighted by atomic mass is 10.2. The number of hydrogen-bond donors (Lipinski definition) is 1. The molecule has 1 aromatic carbocycles. The highest BCUT2D eigenvalue weighted by atomic mass is 79.9. The molecule has 13 heavy (non-hydrogen) atoms. The van der Waals surface area contributed by atoms with Gasteiger partial charge in [0.1, 0.15) is 0 Å². The predicted octanol–water partition coefficient (Wildman–Crippen LogP) is 3.17. The Morgan fingerprint density at radius 2 is 2.15 bits per heavy atom. The SMILES string of the molecule is Nc1ccc(C#CCCBr)cc1Br. The molecule has 1 nitrogen and oxygen atoms in total. The molecule has 0 radical (unpaired) electrons. The zero-order valence-corrected chi connectivity index (χ0v) is 10.2. The Morgan fingerprint density at radius 3 is 2.77 bits per heavy atom. The van der Waals surface area contributed by atoms with E-state index in [2.05, 4.69) is 43.7 Å². The van der Waals surface area contributed by atoms with Gasteiger partial charge >= 0.3 is 0 Å². The van der Waals surface area contributed by atoms with E-state index in [9.17, 15) is 0 Å². The van der Waals surface area contributed by atoms with Crippen molar-refractivity contribution in [2.75, 3.05) is 11.1 Å². The number of nitrogen functional groups attached to an aromatic ring is 1. The van der Waals surface area contributed by atoms with Crippen LogP contribution < -0.4 is 5.73 Å². The van der Waals surface area contributed by atoms with Crippen LogP contribution in [0.2, 0.25) is 0 Å². The van der Waals surface area contributed by atoms with Crippen LogP contribution in [0.3, 0.4) is 0 Å². The van der Waals surface area contributed by atoms with Crippen LogP contribution in [0.25, 0.3) is 0 Å². The summed E-state index contributed by atoms with van der Waals surface area (Å²) >= 11 is 6.67. The Labute approximate surface area is 95.0 Å². The molecule has 0 aromatic heterocycles. The van der Waals surface area contributed by atoms with Crippen molar-refractivity contribution in [3.05, 3.63) is 28.2 Å². The maximum absolute atomic E-state index is 5.64. The molecule has 0 aliphatic carbocycles. The van der Waals surface area contributed by atoms with Crippen LogP contribution in [-0.2, 0) is 0 Å². The van der Waals surface area contributed by atoms with Crippen LogP contribution in [0.5, 0.6) is 0 Å². The van der Waals surface area contributed by atoms with Crippen molar-refractivity contribution in [3.63, 3.8) is 0 Å². The van der Waals surface area contributed by atoms with Gasteiger partial charge in [0, 0.05) is 27.5 Å². The standard InChI is InChI=1S/C10H9Br2N/c11-6-2-1-3-8-4-5-10(13)9(12)7-8/h4-5,7H,2,6,13H2. The first-order chi connectivity index (χ1) is 6.24. The van der Waals surface area contributed by atoms with E-state index >= 15 is 0 Å². The number of anilines is 1. The first-order valence-corrected chi connectivity index (χ1v) is 5.75. The van der Waals surface area contributed by atoms with Gasteiger partial charge in [-0.25, -0.2) is 0 Å². The van der Waals surface area contributed by atoms with Crippen molar-refractivity contribution >= 4 is 37.5 Å². The average Bonchev–Trinajstić information content (AvgIpc) is 2.12. The summed E-state index contributed by atoms with van der Waals surface area (Å²) in [5.41, 5.74) is 7.37. The van der Waals surface area contributed by atoms with Crippen LogP contribution in [0.15, 0.2) is 22.7 Å². The average molecular weight is 303 g/mol. The molecule has 3 heteroatoms. The Balaban J connectivity index is 2.81. The summed E-state index contributed by atoms with van der Waals surface area (Å²) in [6, 6.07) is 5.69. The summed E-state index contributed by atoms with van der Waals surface area (Å²) in [5, 5.41) is 0.913. The second kappa shape index (κ2) is 5.31. The predicted molar refractivity (Wildman–Crippen MR) is 63.8 cm³/mol. The molecular formula is C10H9Br2N. The van der Waals surface area contributed by atoms with E-state index in [1.807, 2.05) is 18.2 Å². The van der Waals surface area contributed by atoms with Crippen LogP contribution in [0, 0.1) is 11.8 Å². The van der Waals surface area contributed by atoms with Crippen molar-refractivity contribution in [2.24, 2.45) is 0 Å². The molecule has 0 saturated heterocycles. The van der Waals surface area contributed by atoms with Crippen LogP contribution in [-0.4, -0.2) is 5.33 Å². The minimum atomic E-state index is 0.742. The minimum absolute atomic E-state index is 0.742. The van der Waals surface area contributed by atoms with Crippen molar-refractivity contribution in [2.45, 2.75) is 6.42 Å². The van der Waals surface area contributed by atoms with E-state index in [-0.39, 0.29) is 0 Å². The molecule has 2 N–H and O–H groups in total. The molecule has 1 rings (SSSR count). The fraction of sp³-hybridized carbons (Fsp3) is 0.200. The zero-order valence-electron chi connectivity index (χ0n) is 6.98. The molecule has 0 amide bonds. The molecule has 0 heterocycles. The molecule has 1 aromatic rings. The van der Waals surface area contributed by atoms with Crippen molar-refractivity contribution in [1.29, 1.82) is 0 Å². The quantitative estimate of drug-likeness (QED) is 0.481. The molecular weight excluding hydrogens is 294 g/mol. The highest BCUT2D eigenvalue weighted by Gasteiger charge is 1.94. The van der Waals surface area contributed by atoms with Crippen molar-refractivity contribution in [1.82, 2.24) is 0 Å². The number of benzene rings is 1. The van der Waals surface area contributed by atoms with Gasteiger partial charge in [-0.1, -0.05) is 27.8 Å². The lowest BCUT2D eigenvalue weighted by Gasteiger charge is -1.96. The fourth-order valence-corrected chi connectivity index (χ4v) is 1.39. The summed E-state index contributed by atoms with van der Waals surface area (Å²) in [7, 11) is 0. The molecule has 0 aliphatic rings. The zero-order chi connectivity index (χ0) is 9.68. The van der Waals surface area contributed by atoms with Crippen LogP contribution in [0.4, 0.5) is 5.69 Å². The lowest BCUT2D eigenvalue weighted by molar-refractivity contribution is 1.32. The number of rotatable bonds is 1. The second-order valence-electron chi connectivity index (χ2n) is 2.48. The van der Waals surface area contributed by atoms with Gasteiger partial charge in [0.05, 0.1) is 0 Å². The minimum Gasteiger partial charge on any atom is -0.398 e. The number of alkyl halides is 1. The molecule has 0 atom stereocenters. The van der Waals surface area contributed by atoms with Crippen molar-refractivity contribution in [3.8, 4) is 11.8 Å². The summed E-state index contributed by atoms with van der Waals surface area (Å²) in [6.45, 7) is 0. The Kier molecular flexibility index (Phi) is 4.34. The van der Waals surface area contributed by atoms with E-state index in [0.29, 0.717) is 0 Å². The third-order valence-electron chi connectivity index (χ3n) is 1.45. The molecule has 0 aliphatic heterocycles. The molecule has 0 saturated carbocycles. The highest BCUT2D eigenvalue weighted by molar-refractivity contribution is 9.10. The number of halogens is 2. The van der Waals surface area contributed by atoms with Gasteiger partial charge in [0.15, 0.2) is 0 Å². The summed E-state index contributed by atoms with van der Waals surface area (Å²) in [6.07, 6.45) is 0.863. The number of nitrogens with two attached hydrogens (primary N) is 1. The number of hydrogen-bond acceptors (Lipinski definition) is 1. The van der Waals surface area contributed by atoms with E-state index in [1.54, 1.807) is 0 Å². The molecule has 0 spiro atoms. The van der Waals surface area contributed by atoms with Crippen LogP contribution in [0.1, 0.15) is 12.0 Å². The van der Waals surface area contributed by atoms with Gasteiger partial charge in [-0.15, -0.1) is 0 Å². The van der Waals surface area contributed by atoms with Gasteiger partial charge in [-0.3, -0.25) is 0 Å². The van der Waals surface area contributed by atoms with E-state index in [4.69, 9.17) is 5.73 Å². The van der Waals surface area contributed by atoms with Gasteiger partial charge in [-0.2, -0.15) is 0 Å². The van der Waals surface area contributed by atoms with E-state index < -0.39 is 0 Å². The fourth-order valence-electron chi connectivity index (χ4n) is 0.817. The monoisotopic (exact) mass is 301 g/mol. The third-order valence-corrected chi connectivity index (χ3v) is 2.54. The maximum atomic E-state index is 5.64. The van der Waals surface area contributed by atoms with Gasteiger partial charge in [0.25, 0.3) is 0 Å². The first-order valence-electron chi connectivity index (χ1n) is 3.84. The second-order valence-corrected chi connectivity index (χ2v) is 4.12. The summed E-state index contributed by atoms with van der Waals surface area (Å²) in [5.74, 6) is 6.09. The third kappa shape index (κ3) is 3.41. The summed E-state index contributed by atoms with van der Waals surface area (Å²) < 4.78 is 0.901. The Bertz CT molecular complexity index is 350. The first kappa shape index (κ1) is 10.6. The largest absolute Gasteiger partial charge is 0.398 e. The molecule has 0 unspecified atom stereocenters. The van der Waals surface area contributed by atoms with E-state index in [0.717, 1.165) is 27.5 Å². The Hall–Kier alpha value is -0.460. The van der Waals surface area contributed by atoms with Gasteiger partial charge in [0.2, 0.25) is 0 Å². The van der Waals surface area contributed by atoms with Crippen molar-refractivity contribution < 1.29 is 0 Å². The van der Waals surface area contributed by atoms with Gasteiger partial charge < -0.3 is 5.73 Å². The smallest absolute Gasteiger partial charge is 0.0459 e. The van der Waals surface area contributed by atoms with E-state index in [1.165, 1.54) is 0 Å². The maximum Gasteiger partial charge on any atom is 0.0459 e. The highest BCUT2D eigenvalue weighted by Crippen LogP contribution is 2.19. The molecule has 0 fully saturated rings. The van der Waals surface area contributed by atoms with Gasteiger partial charge in [-0.05, 0) is 34.1 Å². The summed E-state index contributed by atoms with van der Waals surface area (Å²) in [4.78, 5) is 0. The molecule has 68 valence electrons. The lowest BCUT2D eigenvalue weighted by Crippen LogP contribution is -1.86. The Morgan fingerprint density at radius 1 is 1.38 bits per heavy atom. The van der Waals surface area contributed by atoms with Crippen LogP contribution >= 0.6 is 31.9 Å².